The van der Waals surface area contributed by atoms with Crippen molar-refractivity contribution in [2.24, 2.45) is 5.10 Å². The highest BCUT2D eigenvalue weighted by molar-refractivity contribution is 6.29. The molecule has 1 rings (SSSR count). The second kappa shape index (κ2) is 1.70. The molecule has 0 saturated carbocycles. The first-order valence-corrected chi connectivity index (χ1v) is 2.41. The van der Waals surface area contributed by atoms with Crippen LogP contribution in [0.15, 0.2) is 5.10 Å². The molecule has 1 unspecified atom stereocenters. The maximum atomic E-state index is 5.50. The summed E-state index contributed by atoms with van der Waals surface area (Å²) < 4.78 is 0. The van der Waals surface area contributed by atoms with Gasteiger partial charge in [0, 0.05) is 13.3 Å². The molecule has 1 atom stereocenters. The van der Waals surface area contributed by atoms with Crippen LogP contribution in [0.1, 0.15) is 0 Å². The molecule has 7 heavy (non-hydrogen) atoms. The molecule has 0 fully saturated rings. The van der Waals surface area contributed by atoms with Crippen molar-refractivity contribution in [1.82, 2.24) is 5.01 Å². The topological polar surface area (TPSA) is 15.6 Å². The first-order valence-electron chi connectivity index (χ1n) is 1.97. The Morgan fingerprint density at radius 2 is 2.71 bits per heavy atom. The van der Waals surface area contributed by atoms with Crippen LogP contribution < -0.4 is 0 Å². The fourth-order valence-corrected chi connectivity index (χ4v) is 0.595. The highest BCUT2D eigenvalue weighted by Gasteiger charge is 2.11. The van der Waals surface area contributed by atoms with Crippen LogP contribution >= 0.6 is 11.6 Å². The zero-order valence-electron chi connectivity index (χ0n) is 3.93. The van der Waals surface area contributed by atoms with Gasteiger partial charge in [-0.15, -0.1) is 11.6 Å². The Morgan fingerprint density at radius 3 is 2.86 bits per heavy atom. The number of hydrogen-bond acceptors (Lipinski definition) is 2. The van der Waals surface area contributed by atoms with Crippen LogP contribution in [0, 0.1) is 6.54 Å². The van der Waals surface area contributed by atoms with Crippen LogP contribution in [0.5, 0.6) is 0 Å². The van der Waals surface area contributed by atoms with E-state index in [-0.39, 0.29) is 5.38 Å². The van der Waals surface area contributed by atoms with Gasteiger partial charge in [-0.2, -0.15) is 5.10 Å². The van der Waals surface area contributed by atoms with Crippen LogP contribution in [-0.4, -0.2) is 23.6 Å². The van der Waals surface area contributed by atoms with Crippen molar-refractivity contribution >= 4 is 17.8 Å². The Kier molecular flexibility index (Phi) is 1.19. The van der Waals surface area contributed by atoms with E-state index in [1.165, 1.54) is 0 Å². The molecular weight excluding hydrogens is 112 g/mol. The van der Waals surface area contributed by atoms with Gasteiger partial charge >= 0.3 is 0 Å². The summed E-state index contributed by atoms with van der Waals surface area (Å²) in [4.78, 5) is 0. The maximum absolute atomic E-state index is 5.50. The van der Waals surface area contributed by atoms with E-state index < -0.39 is 0 Å². The maximum Gasteiger partial charge on any atom is 0.137 e. The second-order valence-corrected chi connectivity index (χ2v) is 1.79. The van der Waals surface area contributed by atoms with Crippen LogP contribution in [0.25, 0.3) is 0 Å². The molecule has 3 heteroatoms. The number of hydrogen-bond donors (Lipinski definition) is 0. The molecule has 2 nitrogen and oxygen atoms in total. The first-order chi connectivity index (χ1) is 3.29. The Labute approximate surface area is 47.8 Å². The minimum atomic E-state index is -0.120. The van der Waals surface area contributed by atoms with Gasteiger partial charge in [0.2, 0.25) is 0 Å². The lowest BCUT2D eigenvalue weighted by Gasteiger charge is -2.00. The van der Waals surface area contributed by atoms with Gasteiger partial charge in [-0.25, -0.2) is 0 Å². The van der Waals surface area contributed by atoms with Crippen LogP contribution in [0.4, 0.5) is 0 Å². The fourth-order valence-electron chi connectivity index (χ4n) is 0.404. The molecule has 1 heterocycles. The van der Waals surface area contributed by atoms with E-state index in [1.54, 1.807) is 18.3 Å². The van der Waals surface area contributed by atoms with Gasteiger partial charge in [-0.1, -0.05) is 0 Å². The summed E-state index contributed by atoms with van der Waals surface area (Å²) in [6, 6.07) is 0. The number of halogens is 1. The summed E-state index contributed by atoms with van der Waals surface area (Å²) in [6.45, 7) is 2.79. The lowest BCUT2D eigenvalue weighted by atomic mass is 10.5. The number of nitrogens with zero attached hydrogens (tertiary/aromatic N) is 2. The standard InChI is InChI=1S/C4H5ClN2/c1-7-3-4(5)2-6-7/h2,4H,1H3. The number of hydrazone groups is 1. The summed E-state index contributed by atoms with van der Waals surface area (Å²) >= 11 is 5.50. The van der Waals surface area contributed by atoms with Crippen molar-refractivity contribution in [3.8, 4) is 0 Å². The van der Waals surface area contributed by atoms with Gasteiger partial charge < -0.3 is 0 Å². The molecule has 0 bridgehead atoms. The molecule has 0 aromatic rings. The molecule has 0 amide bonds. The monoisotopic (exact) mass is 116 g/mol. The third kappa shape index (κ3) is 1.06. The minimum absolute atomic E-state index is 0.120. The molecule has 1 aliphatic heterocycles. The van der Waals surface area contributed by atoms with Gasteiger partial charge in [0.15, 0.2) is 0 Å². The molecule has 1 aliphatic rings. The molecule has 0 aromatic heterocycles. The van der Waals surface area contributed by atoms with Crippen molar-refractivity contribution in [1.29, 1.82) is 0 Å². The highest BCUT2D eigenvalue weighted by atomic mass is 35.5. The summed E-state index contributed by atoms with van der Waals surface area (Å²) in [5, 5.41) is 5.23. The van der Waals surface area contributed by atoms with E-state index in [4.69, 9.17) is 11.6 Å². The summed E-state index contributed by atoms with van der Waals surface area (Å²) in [7, 11) is 1.79. The molecule has 0 N–H and O–H groups in total. The zero-order valence-corrected chi connectivity index (χ0v) is 4.68. The Balaban J connectivity index is 2.42. The first kappa shape index (κ1) is 4.91. The minimum Gasteiger partial charge on any atom is -0.287 e. The summed E-state index contributed by atoms with van der Waals surface area (Å²) in [5.41, 5.74) is 0. The normalized spacial score (nSPS) is 29.4. The molecule has 0 aromatic carbocycles. The van der Waals surface area contributed by atoms with Crippen LogP contribution in [0.2, 0.25) is 0 Å². The van der Waals surface area contributed by atoms with Gasteiger partial charge in [0.05, 0.1) is 0 Å². The smallest absolute Gasteiger partial charge is 0.137 e. The summed E-state index contributed by atoms with van der Waals surface area (Å²) in [6.07, 6.45) is 1.63. The van der Waals surface area contributed by atoms with Gasteiger partial charge in [0.1, 0.15) is 11.9 Å². The molecule has 0 saturated heterocycles. The molecular formula is C4H5ClN2. The lowest BCUT2D eigenvalue weighted by Crippen LogP contribution is -2.04. The number of rotatable bonds is 0. The van der Waals surface area contributed by atoms with E-state index in [0.29, 0.717) is 0 Å². The third-order valence-corrected chi connectivity index (χ3v) is 0.891. The van der Waals surface area contributed by atoms with Crippen LogP contribution in [0.3, 0.4) is 0 Å². The number of alkyl halides is 1. The van der Waals surface area contributed by atoms with Crippen LogP contribution in [-0.2, 0) is 0 Å². The fraction of sp³-hybridized carbons (Fsp3) is 0.500. The average molecular weight is 117 g/mol. The SMILES string of the molecule is CN1[C]C(Cl)C=N1. The Morgan fingerprint density at radius 1 is 2.00 bits per heavy atom. The van der Waals surface area contributed by atoms with Crippen molar-refractivity contribution < 1.29 is 0 Å². The Bertz CT molecular complexity index is 81.7. The molecule has 0 aliphatic carbocycles. The largest absolute Gasteiger partial charge is 0.287 e. The summed E-state index contributed by atoms with van der Waals surface area (Å²) in [5.74, 6) is 0. The molecule has 2 radical (unpaired) electrons. The van der Waals surface area contributed by atoms with Crippen molar-refractivity contribution in [2.45, 2.75) is 5.38 Å². The van der Waals surface area contributed by atoms with Crippen molar-refractivity contribution in [3.05, 3.63) is 6.54 Å². The van der Waals surface area contributed by atoms with E-state index in [1.807, 2.05) is 0 Å². The van der Waals surface area contributed by atoms with Crippen molar-refractivity contribution in [3.63, 3.8) is 0 Å². The zero-order chi connectivity index (χ0) is 5.28. The van der Waals surface area contributed by atoms with Gasteiger partial charge in [0.25, 0.3) is 0 Å². The highest BCUT2D eigenvalue weighted by Crippen LogP contribution is 2.07. The van der Waals surface area contributed by atoms with Crippen molar-refractivity contribution in [2.75, 3.05) is 7.05 Å². The predicted molar refractivity (Wildman–Crippen MR) is 29.1 cm³/mol. The molecule has 38 valence electrons. The lowest BCUT2D eigenvalue weighted by molar-refractivity contribution is 0.458. The predicted octanol–water partition coefficient (Wildman–Crippen LogP) is 0.564. The average Bonchev–Trinajstić information content (AvgIpc) is 1.87. The molecule has 0 spiro atoms. The van der Waals surface area contributed by atoms with Gasteiger partial charge in [-0.3, -0.25) is 5.01 Å². The van der Waals surface area contributed by atoms with E-state index >= 15 is 0 Å². The quantitative estimate of drug-likeness (QED) is 0.423. The van der Waals surface area contributed by atoms with E-state index in [0.717, 1.165) is 0 Å². The third-order valence-electron chi connectivity index (χ3n) is 0.681. The second-order valence-electron chi connectivity index (χ2n) is 1.32. The Hall–Kier alpha value is -0.240. The van der Waals surface area contributed by atoms with E-state index in [9.17, 15) is 0 Å². The van der Waals surface area contributed by atoms with E-state index in [2.05, 4.69) is 11.6 Å². The van der Waals surface area contributed by atoms with Gasteiger partial charge in [-0.05, 0) is 0 Å².